The SMILES string of the molecule is COCC(Cn1ccnc1[N+](=O)[O-])OC. The van der Waals surface area contributed by atoms with Crippen LogP contribution in [0.15, 0.2) is 12.4 Å². The van der Waals surface area contributed by atoms with Crippen LogP contribution in [0.1, 0.15) is 0 Å². The van der Waals surface area contributed by atoms with Gasteiger partial charge in [-0.2, -0.15) is 0 Å². The molecule has 15 heavy (non-hydrogen) atoms. The van der Waals surface area contributed by atoms with Gasteiger partial charge in [0.15, 0.2) is 0 Å². The lowest BCUT2D eigenvalue weighted by molar-refractivity contribution is -0.397. The van der Waals surface area contributed by atoms with Gasteiger partial charge in [0.25, 0.3) is 0 Å². The van der Waals surface area contributed by atoms with Crippen LogP contribution in [0.25, 0.3) is 0 Å². The van der Waals surface area contributed by atoms with Crippen LogP contribution in [-0.2, 0) is 16.0 Å². The Morgan fingerprint density at radius 3 is 2.93 bits per heavy atom. The number of ether oxygens (including phenoxy) is 2. The second-order valence-electron chi connectivity index (χ2n) is 2.95. The molecule has 1 atom stereocenters. The second-order valence-corrected chi connectivity index (χ2v) is 2.95. The van der Waals surface area contributed by atoms with Crippen LogP contribution >= 0.6 is 0 Å². The molecule has 0 aromatic carbocycles. The molecule has 0 saturated carbocycles. The molecule has 0 spiro atoms. The molecule has 7 heteroatoms. The van der Waals surface area contributed by atoms with Crippen LogP contribution in [0.5, 0.6) is 0 Å². The van der Waals surface area contributed by atoms with Crippen LogP contribution in [0.2, 0.25) is 0 Å². The molecule has 1 heterocycles. The average molecular weight is 215 g/mol. The lowest BCUT2D eigenvalue weighted by atomic mass is 10.3. The van der Waals surface area contributed by atoms with E-state index in [1.54, 1.807) is 13.3 Å². The van der Waals surface area contributed by atoms with Crippen LogP contribution in [0.3, 0.4) is 0 Å². The van der Waals surface area contributed by atoms with Crippen LogP contribution in [0, 0.1) is 10.1 Å². The first-order chi connectivity index (χ1) is 7.19. The summed E-state index contributed by atoms with van der Waals surface area (Å²) in [6, 6.07) is 0. The van der Waals surface area contributed by atoms with Gasteiger partial charge in [-0.15, -0.1) is 0 Å². The predicted molar refractivity (Wildman–Crippen MR) is 51.6 cm³/mol. The lowest BCUT2D eigenvalue weighted by Crippen LogP contribution is -2.24. The first-order valence-corrected chi connectivity index (χ1v) is 4.36. The molecular weight excluding hydrogens is 202 g/mol. The quantitative estimate of drug-likeness (QED) is 0.508. The van der Waals surface area contributed by atoms with Gasteiger partial charge in [-0.1, -0.05) is 4.98 Å². The zero-order valence-electron chi connectivity index (χ0n) is 8.62. The monoisotopic (exact) mass is 215 g/mol. The predicted octanol–water partition coefficient (Wildman–Crippen LogP) is 0.453. The summed E-state index contributed by atoms with van der Waals surface area (Å²) in [7, 11) is 3.08. The summed E-state index contributed by atoms with van der Waals surface area (Å²) >= 11 is 0. The number of imidazole rings is 1. The Kier molecular flexibility index (Phi) is 4.19. The van der Waals surface area contributed by atoms with Gasteiger partial charge in [0.2, 0.25) is 0 Å². The largest absolute Gasteiger partial charge is 0.434 e. The van der Waals surface area contributed by atoms with Crippen molar-refractivity contribution in [1.82, 2.24) is 9.55 Å². The Morgan fingerprint density at radius 2 is 2.40 bits per heavy atom. The molecule has 1 aromatic heterocycles. The maximum atomic E-state index is 10.6. The minimum atomic E-state index is -0.528. The molecule has 0 aliphatic carbocycles. The van der Waals surface area contributed by atoms with Gasteiger partial charge in [-0.05, 0) is 4.92 Å². The maximum Gasteiger partial charge on any atom is 0.434 e. The number of rotatable bonds is 6. The smallest absolute Gasteiger partial charge is 0.390 e. The third-order valence-corrected chi connectivity index (χ3v) is 1.94. The Bertz CT molecular complexity index is 325. The van der Waals surface area contributed by atoms with Gasteiger partial charge < -0.3 is 19.6 Å². The molecule has 0 N–H and O–H groups in total. The fourth-order valence-electron chi connectivity index (χ4n) is 1.22. The third kappa shape index (κ3) is 3.00. The van der Waals surface area contributed by atoms with E-state index >= 15 is 0 Å². The highest BCUT2D eigenvalue weighted by atomic mass is 16.6. The number of nitrogens with zero attached hydrogens (tertiary/aromatic N) is 3. The highest BCUT2D eigenvalue weighted by Gasteiger charge is 2.18. The summed E-state index contributed by atoms with van der Waals surface area (Å²) in [6.45, 7) is 0.729. The van der Waals surface area contributed by atoms with E-state index in [4.69, 9.17) is 9.47 Å². The number of methoxy groups -OCH3 is 2. The van der Waals surface area contributed by atoms with Crippen molar-refractivity contribution in [2.24, 2.45) is 0 Å². The minimum absolute atomic E-state index is 0.187. The van der Waals surface area contributed by atoms with E-state index in [-0.39, 0.29) is 12.1 Å². The van der Waals surface area contributed by atoms with E-state index in [1.807, 2.05) is 0 Å². The Morgan fingerprint density at radius 1 is 1.67 bits per heavy atom. The van der Waals surface area contributed by atoms with Crippen molar-refractivity contribution >= 4 is 5.95 Å². The summed E-state index contributed by atoms with van der Waals surface area (Å²) in [6.07, 6.45) is 2.71. The van der Waals surface area contributed by atoms with Crippen molar-refractivity contribution in [1.29, 1.82) is 0 Å². The summed E-state index contributed by atoms with van der Waals surface area (Å²) in [5.41, 5.74) is 0. The van der Waals surface area contributed by atoms with Crippen molar-refractivity contribution in [3.63, 3.8) is 0 Å². The van der Waals surface area contributed by atoms with Gasteiger partial charge in [0.05, 0.1) is 6.61 Å². The second kappa shape index (κ2) is 5.42. The lowest BCUT2D eigenvalue weighted by Gasteiger charge is -2.12. The summed E-state index contributed by atoms with van der Waals surface area (Å²) in [4.78, 5) is 13.7. The normalized spacial score (nSPS) is 12.7. The maximum absolute atomic E-state index is 10.6. The molecule has 0 saturated heterocycles. The van der Waals surface area contributed by atoms with Gasteiger partial charge in [-0.3, -0.25) is 0 Å². The Labute approximate surface area is 86.8 Å². The number of aromatic nitrogens is 2. The van der Waals surface area contributed by atoms with E-state index in [1.165, 1.54) is 17.9 Å². The van der Waals surface area contributed by atoms with Gasteiger partial charge in [0, 0.05) is 14.2 Å². The average Bonchev–Trinajstić information content (AvgIpc) is 2.65. The Balaban J connectivity index is 2.70. The molecule has 1 aromatic rings. The van der Waals surface area contributed by atoms with E-state index in [2.05, 4.69) is 4.98 Å². The zero-order chi connectivity index (χ0) is 11.3. The zero-order valence-corrected chi connectivity index (χ0v) is 8.62. The standard InChI is InChI=1S/C8H13N3O4/c1-14-6-7(15-2)5-10-4-3-9-8(10)11(12)13/h3-4,7H,5-6H2,1-2H3. The molecule has 0 aliphatic rings. The summed E-state index contributed by atoms with van der Waals surface area (Å²) in [5, 5.41) is 10.6. The fourth-order valence-corrected chi connectivity index (χ4v) is 1.22. The van der Waals surface area contributed by atoms with Crippen LogP contribution in [-0.4, -0.2) is 41.4 Å². The molecular formula is C8H13N3O4. The molecule has 0 fully saturated rings. The van der Waals surface area contributed by atoms with E-state index < -0.39 is 4.92 Å². The molecule has 0 radical (unpaired) electrons. The molecule has 1 unspecified atom stereocenters. The van der Waals surface area contributed by atoms with Crippen LogP contribution in [0.4, 0.5) is 5.95 Å². The molecule has 0 amide bonds. The van der Waals surface area contributed by atoms with Crippen molar-refractivity contribution in [2.45, 2.75) is 12.6 Å². The topological polar surface area (TPSA) is 79.4 Å². The van der Waals surface area contributed by atoms with E-state index in [9.17, 15) is 10.1 Å². The highest BCUT2D eigenvalue weighted by molar-refractivity contribution is 5.06. The van der Waals surface area contributed by atoms with Crippen molar-refractivity contribution in [3.05, 3.63) is 22.5 Å². The first kappa shape index (κ1) is 11.6. The van der Waals surface area contributed by atoms with Crippen molar-refractivity contribution in [3.8, 4) is 0 Å². The fraction of sp³-hybridized carbons (Fsp3) is 0.625. The summed E-state index contributed by atoms with van der Waals surface area (Å²) < 4.78 is 11.4. The van der Waals surface area contributed by atoms with Crippen LogP contribution < -0.4 is 0 Å². The number of nitro groups is 1. The minimum Gasteiger partial charge on any atom is -0.390 e. The van der Waals surface area contributed by atoms with Gasteiger partial charge in [-0.25, -0.2) is 4.57 Å². The number of hydrogen-bond donors (Lipinski definition) is 0. The van der Waals surface area contributed by atoms with E-state index in [0.29, 0.717) is 13.2 Å². The van der Waals surface area contributed by atoms with Crippen molar-refractivity contribution in [2.75, 3.05) is 20.8 Å². The molecule has 7 nitrogen and oxygen atoms in total. The first-order valence-electron chi connectivity index (χ1n) is 4.36. The third-order valence-electron chi connectivity index (χ3n) is 1.94. The summed E-state index contributed by atoms with van der Waals surface area (Å²) in [5.74, 6) is -0.187. The van der Waals surface area contributed by atoms with E-state index in [0.717, 1.165) is 0 Å². The Hall–Kier alpha value is -1.47. The highest BCUT2D eigenvalue weighted by Crippen LogP contribution is 2.09. The molecule has 84 valence electrons. The van der Waals surface area contributed by atoms with Gasteiger partial charge in [0.1, 0.15) is 25.0 Å². The van der Waals surface area contributed by atoms with Gasteiger partial charge >= 0.3 is 5.95 Å². The molecule has 0 bridgehead atoms. The molecule has 1 rings (SSSR count). The number of hydrogen-bond acceptors (Lipinski definition) is 5. The van der Waals surface area contributed by atoms with Crippen molar-refractivity contribution < 1.29 is 14.4 Å². The molecule has 0 aliphatic heterocycles.